The molecule has 2 aromatic rings. The Kier molecular flexibility index (Phi) is 2.86. The standard InChI is InChI=1S/C10H11N3O3S/c1-8-12-6-7-13(8)9-2-4-10(5-3-9)16-17(11,14)15/h2-7H,1H3,(H2,11,14,15). The van der Waals surface area contributed by atoms with E-state index in [1.54, 1.807) is 18.3 Å². The molecule has 1 aromatic heterocycles. The van der Waals surface area contributed by atoms with E-state index in [9.17, 15) is 8.42 Å². The summed E-state index contributed by atoms with van der Waals surface area (Å²) in [5.74, 6) is 1.01. The van der Waals surface area contributed by atoms with Gasteiger partial charge >= 0.3 is 10.3 Å². The first-order valence-corrected chi connectivity index (χ1v) is 6.25. The Labute approximate surface area is 98.9 Å². The van der Waals surface area contributed by atoms with Crippen molar-refractivity contribution in [3.05, 3.63) is 42.5 Å². The molecular weight excluding hydrogens is 242 g/mol. The van der Waals surface area contributed by atoms with Crippen molar-refractivity contribution < 1.29 is 12.6 Å². The van der Waals surface area contributed by atoms with E-state index in [0.717, 1.165) is 11.5 Å². The second kappa shape index (κ2) is 4.19. The van der Waals surface area contributed by atoms with Crippen LogP contribution >= 0.6 is 0 Å². The van der Waals surface area contributed by atoms with Crippen LogP contribution in [0.1, 0.15) is 5.82 Å². The van der Waals surface area contributed by atoms with Gasteiger partial charge in [0.05, 0.1) is 0 Å². The fraction of sp³-hybridized carbons (Fsp3) is 0.100. The molecule has 1 heterocycles. The van der Waals surface area contributed by atoms with Crippen LogP contribution in [0.5, 0.6) is 5.75 Å². The van der Waals surface area contributed by atoms with Crippen molar-refractivity contribution in [2.75, 3.05) is 0 Å². The fourth-order valence-corrected chi connectivity index (χ4v) is 1.83. The van der Waals surface area contributed by atoms with Crippen molar-refractivity contribution in [1.29, 1.82) is 0 Å². The van der Waals surface area contributed by atoms with Gasteiger partial charge in [0, 0.05) is 18.1 Å². The van der Waals surface area contributed by atoms with E-state index >= 15 is 0 Å². The van der Waals surface area contributed by atoms with Crippen LogP contribution in [0.25, 0.3) is 5.69 Å². The van der Waals surface area contributed by atoms with Crippen LogP contribution in [0, 0.1) is 6.92 Å². The summed E-state index contributed by atoms with van der Waals surface area (Å²) in [7, 11) is -3.97. The van der Waals surface area contributed by atoms with E-state index < -0.39 is 10.3 Å². The average molecular weight is 253 g/mol. The lowest BCUT2D eigenvalue weighted by molar-refractivity contribution is 0.487. The van der Waals surface area contributed by atoms with Gasteiger partial charge in [-0.1, -0.05) is 0 Å². The van der Waals surface area contributed by atoms with Gasteiger partial charge in [-0.2, -0.15) is 13.6 Å². The third-order valence-corrected chi connectivity index (χ3v) is 2.58. The molecule has 2 rings (SSSR count). The Morgan fingerprint density at radius 2 is 1.94 bits per heavy atom. The highest BCUT2D eigenvalue weighted by Gasteiger charge is 2.05. The first-order chi connectivity index (χ1) is 7.96. The highest BCUT2D eigenvalue weighted by molar-refractivity contribution is 7.84. The number of nitrogens with zero attached hydrogens (tertiary/aromatic N) is 2. The predicted molar refractivity (Wildman–Crippen MR) is 62.0 cm³/mol. The highest BCUT2D eigenvalue weighted by Crippen LogP contribution is 2.17. The zero-order chi connectivity index (χ0) is 12.5. The van der Waals surface area contributed by atoms with Crippen LogP contribution in [0.15, 0.2) is 36.7 Å². The van der Waals surface area contributed by atoms with Crippen LogP contribution in [0.4, 0.5) is 0 Å². The highest BCUT2D eigenvalue weighted by atomic mass is 32.2. The number of rotatable bonds is 3. The van der Waals surface area contributed by atoms with Crippen molar-refractivity contribution in [3.8, 4) is 11.4 Å². The molecular formula is C10H11N3O3S. The van der Waals surface area contributed by atoms with Gasteiger partial charge in [-0.3, -0.25) is 0 Å². The van der Waals surface area contributed by atoms with Crippen molar-refractivity contribution in [2.24, 2.45) is 5.14 Å². The third kappa shape index (κ3) is 2.83. The number of hydrogen-bond acceptors (Lipinski definition) is 4. The van der Waals surface area contributed by atoms with Crippen molar-refractivity contribution >= 4 is 10.3 Å². The molecule has 0 bridgehead atoms. The zero-order valence-electron chi connectivity index (χ0n) is 9.07. The molecule has 0 radical (unpaired) electrons. The first kappa shape index (κ1) is 11.6. The fourth-order valence-electron chi connectivity index (χ4n) is 1.45. The summed E-state index contributed by atoms with van der Waals surface area (Å²) in [5.41, 5.74) is 0.863. The van der Waals surface area contributed by atoms with Crippen molar-refractivity contribution in [1.82, 2.24) is 9.55 Å². The number of nitrogens with two attached hydrogens (primary N) is 1. The summed E-state index contributed by atoms with van der Waals surface area (Å²) in [6, 6.07) is 6.49. The molecule has 1 aromatic carbocycles. The molecule has 0 atom stereocenters. The number of benzene rings is 1. The molecule has 6 nitrogen and oxygen atoms in total. The van der Waals surface area contributed by atoms with Crippen molar-refractivity contribution in [3.63, 3.8) is 0 Å². The zero-order valence-corrected chi connectivity index (χ0v) is 9.89. The second-order valence-corrected chi connectivity index (χ2v) is 4.57. The lowest BCUT2D eigenvalue weighted by Gasteiger charge is -2.06. The van der Waals surface area contributed by atoms with Gasteiger partial charge in [0.15, 0.2) is 0 Å². The maximum absolute atomic E-state index is 10.7. The van der Waals surface area contributed by atoms with Crippen molar-refractivity contribution in [2.45, 2.75) is 6.92 Å². The first-order valence-electron chi connectivity index (χ1n) is 4.78. The summed E-state index contributed by atoms with van der Waals surface area (Å²) >= 11 is 0. The van der Waals surface area contributed by atoms with E-state index in [-0.39, 0.29) is 5.75 Å². The SMILES string of the molecule is Cc1nccn1-c1ccc(OS(N)(=O)=O)cc1. The number of imidazole rings is 1. The van der Waals surface area contributed by atoms with Crippen LogP contribution < -0.4 is 9.32 Å². The normalized spacial score (nSPS) is 11.4. The molecule has 0 spiro atoms. The van der Waals surface area contributed by atoms with Gasteiger partial charge in [0.25, 0.3) is 0 Å². The molecule has 0 fully saturated rings. The maximum Gasteiger partial charge on any atom is 0.380 e. The van der Waals surface area contributed by atoms with Gasteiger partial charge in [-0.05, 0) is 31.2 Å². The Morgan fingerprint density at radius 1 is 1.29 bits per heavy atom. The largest absolute Gasteiger partial charge is 0.380 e. The molecule has 0 aliphatic carbocycles. The molecule has 0 saturated heterocycles. The summed E-state index contributed by atoms with van der Waals surface area (Å²) in [4.78, 5) is 4.09. The smallest absolute Gasteiger partial charge is 0.371 e. The van der Waals surface area contributed by atoms with Gasteiger partial charge < -0.3 is 8.75 Å². The lowest BCUT2D eigenvalue weighted by atomic mass is 10.3. The summed E-state index contributed by atoms with van der Waals surface area (Å²) in [6.07, 6.45) is 3.49. The number of hydrogen-bond donors (Lipinski definition) is 1. The van der Waals surface area contributed by atoms with Crippen LogP contribution in [0.2, 0.25) is 0 Å². The number of aryl methyl sites for hydroxylation is 1. The Morgan fingerprint density at radius 3 is 2.41 bits per heavy atom. The van der Waals surface area contributed by atoms with Gasteiger partial charge in [0.1, 0.15) is 11.6 Å². The van der Waals surface area contributed by atoms with E-state index in [1.807, 2.05) is 17.7 Å². The Bertz CT molecular complexity index is 617. The van der Waals surface area contributed by atoms with E-state index in [2.05, 4.69) is 9.17 Å². The Hall–Kier alpha value is -1.86. The molecule has 0 saturated carbocycles. The topological polar surface area (TPSA) is 87.2 Å². The van der Waals surface area contributed by atoms with Crippen LogP contribution in [-0.4, -0.2) is 18.0 Å². The minimum atomic E-state index is -3.97. The Balaban J connectivity index is 2.28. The summed E-state index contributed by atoms with van der Waals surface area (Å²) in [6.45, 7) is 1.87. The monoisotopic (exact) mass is 253 g/mol. The maximum atomic E-state index is 10.7. The lowest BCUT2D eigenvalue weighted by Crippen LogP contribution is -2.18. The third-order valence-electron chi connectivity index (χ3n) is 2.15. The summed E-state index contributed by atoms with van der Waals surface area (Å²) in [5, 5.41) is 4.76. The van der Waals surface area contributed by atoms with Crippen LogP contribution in [0.3, 0.4) is 0 Å². The van der Waals surface area contributed by atoms with Crippen LogP contribution in [-0.2, 0) is 10.3 Å². The summed E-state index contributed by atoms with van der Waals surface area (Å²) < 4.78 is 27.8. The molecule has 17 heavy (non-hydrogen) atoms. The number of aromatic nitrogens is 2. The molecule has 7 heteroatoms. The molecule has 2 N–H and O–H groups in total. The molecule has 0 aliphatic heterocycles. The quantitative estimate of drug-likeness (QED) is 0.874. The molecule has 0 aliphatic rings. The van der Waals surface area contributed by atoms with Gasteiger partial charge in [0.2, 0.25) is 0 Å². The predicted octanol–water partition coefficient (Wildman–Crippen LogP) is 0.763. The second-order valence-electron chi connectivity index (χ2n) is 3.41. The molecule has 0 unspecified atom stereocenters. The molecule has 90 valence electrons. The van der Waals surface area contributed by atoms with E-state index in [1.165, 1.54) is 12.1 Å². The molecule has 0 amide bonds. The van der Waals surface area contributed by atoms with Gasteiger partial charge in [-0.25, -0.2) is 4.98 Å². The van der Waals surface area contributed by atoms with Gasteiger partial charge in [-0.15, -0.1) is 0 Å². The average Bonchev–Trinajstić information content (AvgIpc) is 2.63. The minimum Gasteiger partial charge on any atom is -0.371 e. The van der Waals surface area contributed by atoms with E-state index in [0.29, 0.717) is 0 Å². The minimum absolute atomic E-state index is 0.175. The van der Waals surface area contributed by atoms with E-state index in [4.69, 9.17) is 5.14 Å².